The molecule has 4 rings (SSSR count). The summed E-state index contributed by atoms with van der Waals surface area (Å²) in [6, 6.07) is 18.3. The van der Waals surface area contributed by atoms with Crippen molar-refractivity contribution in [1.82, 2.24) is 10.2 Å². The van der Waals surface area contributed by atoms with E-state index < -0.39 is 28.5 Å². The summed E-state index contributed by atoms with van der Waals surface area (Å²) in [5.41, 5.74) is 0.827. The average molecular weight is 637 g/mol. The molecule has 2 amide bonds. The minimum absolute atomic E-state index is 0.00613. The molecule has 1 saturated carbocycles. The lowest BCUT2D eigenvalue weighted by Crippen LogP contribution is -2.53. The van der Waals surface area contributed by atoms with Gasteiger partial charge in [-0.3, -0.25) is 13.9 Å². The molecule has 1 atom stereocenters. The van der Waals surface area contributed by atoms with Crippen molar-refractivity contribution in [2.75, 3.05) is 10.8 Å². The van der Waals surface area contributed by atoms with E-state index in [1.54, 1.807) is 49.4 Å². The number of hydrogen-bond donors (Lipinski definition) is 1. The molecule has 41 heavy (non-hydrogen) atoms. The predicted octanol–water partition coefficient (Wildman–Crippen LogP) is 6.71. The number of carbonyl (C=O) groups excluding carboxylic acids is 2. The monoisotopic (exact) mass is 635 g/mol. The van der Waals surface area contributed by atoms with Gasteiger partial charge in [0.05, 0.1) is 10.6 Å². The van der Waals surface area contributed by atoms with E-state index in [4.69, 9.17) is 34.8 Å². The van der Waals surface area contributed by atoms with Crippen LogP contribution in [0.2, 0.25) is 15.1 Å². The van der Waals surface area contributed by atoms with Crippen molar-refractivity contribution in [3.05, 3.63) is 93.4 Å². The summed E-state index contributed by atoms with van der Waals surface area (Å²) in [5, 5.41) is 3.99. The topological polar surface area (TPSA) is 86.8 Å². The second-order valence-corrected chi connectivity index (χ2v) is 13.3. The number of benzene rings is 3. The van der Waals surface area contributed by atoms with Gasteiger partial charge in [0, 0.05) is 27.7 Å². The van der Waals surface area contributed by atoms with Crippen LogP contribution in [0, 0.1) is 0 Å². The Labute approximate surface area is 256 Å². The van der Waals surface area contributed by atoms with E-state index in [1.165, 1.54) is 35.2 Å². The number of carbonyl (C=O) groups is 2. The Balaban J connectivity index is 1.69. The molecule has 1 aliphatic rings. The number of rotatable bonds is 10. The zero-order chi connectivity index (χ0) is 29.6. The van der Waals surface area contributed by atoms with Crippen molar-refractivity contribution in [1.29, 1.82) is 0 Å². The van der Waals surface area contributed by atoms with Gasteiger partial charge in [-0.15, -0.1) is 0 Å². The van der Waals surface area contributed by atoms with Crippen LogP contribution in [0.5, 0.6) is 0 Å². The van der Waals surface area contributed by atoms with Gasteiger partial charge in [0.1, 0.15) is 12.6 Å². The molecular formula is C30H32Cl3N3O4S. The normalized spacial score (nSPS) is 14.7. The Morgan fingerprint density at radius 3 is 2.17 bits per heavy atom. The Morgan fingerprint density at radius 2 is 1.54 bits per heavy atom. The number of amides is 2. The van der Waals surface area contributed by atoms with Crippen molar-refractivity contribution in [3.8, 4) is 0 Å². The smallest absolute Gasteiger partial charge is 0.264 e. The number of nitrogens with one attached hydrogen (secondary N) is 1. The van der Waals surface area contributed by atoms with Crippen LogP contribution in [0.4, 0.5) is 5.69 Å². The third-order valence-corrected chi connectivity index (χ3v) is 9.57. The molecule has 218 valence electrons. The van der Waals surface area contributed by atoms with Gasteiger partial charge in [-0.25, -0.2) is 8.42 Å². The second-order valence-electron chi connectivity index (χ2n) is 10.1. The summed E-state index contributed by atoms with van der Waals surface area (Å²) in [5.74, 6) is -0.873. The van der Waals surface area contributed by atoms with Gasteiger partial charge >= 0.3 is 0 Å². The fourth-order valence-electron chi connectivity index (χ4n) is 4.92. The summed E-state index contributed by atoms with van der Waals surface area (Å²) < 4.78 is 28.7. The zero-order valence-corrected chi connectivity index (χ0v) is 25.7. The first kappa shape index (κ1) is 31.2. The van der Waals surface area contributed by atoms with Gasteiger partial charge in [-0.2, -0.15) is 0 Å². The minimum Gasteiger partial charge on any atom is -0.352 e. The molecule has 0 saturated heterocycles. The molecule has 3 aromatic carbocycles. The van der Waals surface area contributed by atoms with E-state index in [9.17, 15) is 18.0 Å². The quantitative estimate of drug-likeness (QED) is 0.268. The first-order chi connectivity index (χ1) is 19.5. The van der Waals surface area contributed by atoms with Gasteiger partial charge in [0.25, 0.3) is 10.0 Å². The maximum atomic E-state index is 14.0. The summed E-state index contributed by atoms with van der Waals surface area (Å²) in [7, 11) is -4.22. The number of sulfonamides is 1. The fourth-order valence-corrected chi connectivity index (χ4v) is 7.06. The zero-order valence-electron chi connectivity index (χ0n) is 22.6. The molecular weight excluding hydrogens is 605 g/mol. The highest BCUT2D eigenvalue weighted by molar-refractivity contribution is 7.92. The Morgan fingerprint density at radius 1 is 0.878 bits per heavy atom. The third kappa shape index (κ3) is 8.16. The number of anilines is 1. The standard InChI is InChI=1S/C30H32Cl3N3O4S/c1-21(30(38)34-26-11-4-2-5-12-26)35(19-22-9-8-10-23(31)15-22)29(37)20-36(27-17-24(32)16-25(33)18-27)41(39,40)28-13-6-3-7-14-28/h3,6-10,13-18,21,26H,2,4-5,11-12,19-20H2,1H3,(H,34,38)/t21-/m0/s1. The SMILES string of the molecule is C[C@@H](C(=O)NC1CCCCC1)N(Cc1cccc(Cl)c1)C(=O)CN(c1cc(Cl)cc(Cl)c1)S(=O)(=O)c1ccccc1. The van der Waals surface area contributed by atoms with E-state index in [0.717, 1.165) is 36.4 Å². The van der Waals surface area contributed by atoms with Crippen molar-refractivity contribution in [3.63, 3.8) is 0 Å². The van der Waals surface area contributed by atoms with E-state index in [0.29, 0.717) is 10.6 Å². The molecule has 0 spiro atoms. The number of nitrogens with zero attached hydrogens (tertiary/aromatic N) is 2. The van der Waals surface area contributed by atoms with Crippen LogP contribution in [0.25, 0.3) is 0 Å². The van der Waals surface area contributed by atoms with Gasteiger partial charge < -0.3 is 10.2 Å². The van der Waals surface area contributed by atoms with Gasteiger partial charge in [0.2, 0.25) is 11.8 Å². The Kier molecular flexibility index (Phi) is 10.6. The van der Waals surface area contributed by atoms with E-state index in [-0.39, 0.29) is 39.1 Å². The van der Waals surface area contributed by atoms with Crippen molar-refractivity contribution in [2.24, 2.45) is 0 Å². The maximum Gasteiger partial charge on any atom is 0.264 e. The van der Waals surface area contributed by atoms with Crippen LogP contribution < -0.4 is 9.62 Å². The third-order valence-electron chi connectivity index (χ3n) is 7.11. The highest BCUT2D eigenvalue weighted by Crippen LogP contribution is 2.30. The molecule has 1 aliphatic carbocycles. The van der Waals surface area contributed by atoms with Crippen molar-refractivity contribution in [2.45, 2.75) is 62.6 Å². The van der Waals surface area contributed by atoms with E-state index >= 15 is 0 Å². The van der Waals surface area contributed by atoms with E-state index in [1.807, 2.05) is 0 Å². The molecule has 1 fully saturated rings. The average Bonchev–Trinajstić information content (AvgIpc) is 2.94. The summed E-state index contributed by atoms with van der Waals surface area (Å²) >= 11 is 18.7. The van der Waals surface area contributed by atoms with Gasteiger partial charge in [-0.1, -0.05) is 84.4 Å². The van der Waals surface area contributed by atoms with Crippen LogP contribution in [0.15, 0.2) is 77.7 Å². The van der Waals surface area contributed by atoms with Crippen molar-refractivity contribution >= 4 is 62.3 Å². The molecule has 11 heteroatoms. The first-order valence-corrected chi connectivity index (χ1v) is 16.0. The fraction of sp³-hybridized carbons (Fsp3) is 0.333. The van der Waals surface area contributed by atoms with E-state index in [2.05, 4.69) is 5.32 Å². The first-order valence-electron chi connectivity index (χ1n) is 13.4. The Hall–Kier alpha value is -2.78. The summed E-state index contributed by atoms with van der Waals surface area (Å²) in [4.78, 5) is 28.8. The maximum absolute atomic E-state index is 14.0. The molecule has 0 heterocycles. The van der Waals surface area contributed by atoms with Crippen LogP contribution in [-0.4, -0.2) is 43.8 Å². The summed E-state index contributed by atoms with van der Waals surface area (Å²) in [6.07, 6.45) is 5.00. The molecule has 3 aromatic rings. The lowest BCUT2D eigenvalue weighted by molar-refractivity contribution is -0.139. The predicted molar refractivity (Wildman–Crippen MR) is 164 cm³/mol. The van der Waals surface area contributed by atoms with Crippen molar-refractivity contribution < 1.29 is 18.0 Å². The van der Waals surface area contributed by atoms with Crippen LogP contribution >= 0.6 is 34.8 Å². The number of hydrogen-bond acceptors (Lipinski definition) is 4. The molecule has 0 bridgehead atoms. The lowest BCUT2D eigenvalue weighted by atomic mass is 9.95. The van der Waals surface area contributed by atoms with Gasteiger partial charge in [0.15, 0.2) is 0 Å². The van der Waals surface area contributed by atoms with Crippen LogP contribution in [0.1, 0.15) is 44.6 Å². The van der Waals surface area contributed by atoms with Crippen LogP contribution in [-0.2, 0) is 26.2 Å². The Bertz CT molecular complexity index is 1460. The van der Waals surface area contributed by atoms with Gasteiger partial charge in [-0.05, 0) is 67.8 Å². The largest absolute Gasteiger partial charge is 0.352 e. The molecule has 0 aliphatic heterocycles. The molecule has 7 nitrogen and oxygen atoms in total. The molecule has 0 radical (unpaired) electrons. The lowest BCUT2D eigenvalue weighted by Gasteiger charge is -2.33. The highest BCUT2D eigenvalue weighted by atomic mass is 35.5. The molecule has 0 unspecified atom stereocenters. The van der Waals surface area contributed by atoms with Crippen LogP contribution in [0.3, 0.4) is 0 Å². The highest BCUT2D eigenvalue weighted by Gasteiger charge is 2.33. The second kappa shape index (κ2) is 13.9. The summed E-state index contributed by atoms with van der Waals surface area (Å²) in [6.45, 7) is 1.11. The number of halogens is 3. The molecule has 1 N–H and O–H groups in total. The minimum atomic E-state index is -4.22. The molecule has 0 aromatic heterocycles.